The Morgan fingerprint density at radius 2 is 0.486 bits per heavy atom. The third kappa shape index (κ3) is 10.6. The van der Waals surface area contributed by atoms with Crippen LogP contribution in [-0.4, -0.2) is 18.3 Å². The van der Waals surface area contributed by atoms with Crippen molar-refractivity contribution in [3.8, 4) is 89.5 Å². The fourth-order valence-electron chi connectivity index (χ4n) is 17.7. The molecule has 5 aromatic heterocycles. The minimum atomic E-state index is 0.899. The second-order valence-corrected chi connectivity index (χ2v) is 29.1. The number of aromatic nitrogens is 4. The number of furan rings is 1. The van der Waals surface area contributed by atoms with Gasteiger partial charge in [-0.15, -0.1) is 0 Å². The van der Waals surface area contributed by atoms with E-state index in [1.54, 1.807) is 0 Å². The van der Waals surface area contributed by atoms with E-state index in [0.29, 0.717) is 0 Å². The van der Waals surface area contributed by atoms with Crippen LogP contribution in [0.2, 0.25) is 0 Å². The van der Waals surface area contributed by atoms with Crippen LogP contribution in [0.15, 0.2) is 417 Å². The minimum absolute atomic E-state index is 0.899. The molecule has 0 fully saturated rings. The fraction of sp³-hybridized carbons (Fsp3) is 0. The maximum atomic E-state index is 6.33. The predicted molar refractivity (Wildman–Crippen MR) is 468 cm³/mol. The molecule has 0 bridgehead atoms. The van der Waals surface area contributed by atoms with Gasteiger partial charge < -0.3 is 22.7 Å². The zero-order valence-corrected chi connectivity index (χ0v) is 60.5. The van der Waals surface area contributed by atoms with Gasteiger partial charge in [-0.2, -0.15) is 0 Å². The van der Waals surface area contributed by atoms with Gasteiger partial charge in [0.25, 0.3) is 0 Å². The lowest BCUT2D eigenvalue weighted by Crippen LogP contribution is -1.97. The third-order valence-corrected chi connectivity index (χ3v) is 22.8. The van der Waals surface area contributed by atoms with Crippen LogP contribution in [0.5, 0.6) is 0 Å². The highest BCUT2D eigenvalue weighted by atomic mass is 16.3. The number of para-hydroxylation sites is 6. The molecular formula is C106H68N4O. The van der Waals surface area contributed by atoms with Gasteiger partial charge in [-0.3, -0.25) is 0 Å². The number of fused-ring (bicyclic) bond motifs is 16. The highest BCUT2D eigenvalue weighted by molar-refractivity contribution is 6.17. The Bertz CT molecular complexity index is 7640. The van der Waals surface area contributed by atoms with E-state index in [2.05, 4.69) is 425 Å². The molecule has 0 aliphatic rings. The summed E-state index contributed by atoms with van der Waals surface area (Å²) in [7, 11) is 0. The molecule has 23 rings (SSSR count). The summed E-state index contributed by atoms with van der Waals surface area (Å²) >= 11 is 0. The van der Waals surface area contributed by atoms with Crippen molar-refractivity contribution < 1.29 is 4.42 Å². The molecule has 5 heteroatoms. The molecule has 0 saturated heterocycles. The van der Waals surface area contributed by atoms with Gasteiger partial charge in [0.1, 0.15) is 11.2 Å². The third-order valence-electron chi connectivity index (χ3n) is 22.8. The maximum absolute atomic E-state index is 6.33. The van der Waals surface area contributed by atoms with E-state index in [1.807, 2.05) is 6.07 Å². The quantitative estimate of drug-likeness (QED) is 0.134. The molecule has 0 N–H and O–H groups in total. The van der Waals surface area contributed by atoms with Crippen molar-refractivity contribution in [3.63, 3.8) is 0 Å². The van der Waals surface area contributed by atoms with Gasteiger partial charge in [0.15, 0.2) is 0 Å². The molecule has 5 heterocycles. The first-order chi connectivity index (χ1) is 55.0. The molecule has 518 valence electrons. The monoisotopic (exact) mass is 1410 g/mol. The van der Waals surface area contributed by atoms with Crippen molar-refractivity contribution in [2.45, 2.75) is 0 Å². The van der Waals surface area contributed by atoms with E-state index >= 15 is 0 Å². The highest BCUT2D eigenvalue weighted by Crippen LogP contribution is 2.45. The Labute approximate surface area is 640 Å². The lowest BCUT2D eigenvalue weighted by atomic mass is 9.97. The van der Waals surface area contributed by atoms with Crippen LogP contribution in [0.4, 0.5) is 0 Å². The number of hydrogen-bond acceptors (Lipinski definition) is 1. The summed E-state index contributed by atoms with van der Waals surface area (Å²) in [6.07, 6.45) is 0. The number of hydrogen-bond donors (Lipinski definition) is 0. The van der Waals surface area contributed by atoms with Crippen LogP contribution in [0.25, 0.3) is 209 Å². The molecular weight excluding hydrogens is 1350 g/mol. The predicted octanol–water partition coefficient (Wildman–Crippen LogP) is 28.8. The van der Waals surface area contributed by atoms with Crippen LogP contribution in [-0.2, 0) is 0 Å². The molecule has 0 spiro atoms. The number of benzene rings is 18. The van der Waals surface area contributed by atoms with Crippen LogP contribution >= 0.6 is 0 Å². The van der Waals surface area contributed by atoms with Crippen molar-refractivity contribution in [1.82, 2.24) is 18.3 Å². The van der Waals surface area contributed by atoms with E-state index < -0.39 is 0 Å². The first-order valence-electron chi connectivity index (χ1n) is 38.1. The van der Waals surface area contributed by atoms with E-state index in [1.165, 1.54) is 154 Å². The van der Waals surface area contributed by atoms with Crippen molar-refractivity contribution in [3.05, 3.63) is 413 Å². The molecule has 23 aromatic rings. The summed E-state index contributed by atoms with van der Waals surface area (Å²) in [6, 6.07) is 150. The molecule has 0 amide bonds. The van der Waals surface area contributed by atoms with Gasteiger partial charge in [-0.05, 0) is 205 Å². The highest BCUT2D eigenvalue weighted by Gasteiger charge is 2.23. The first-order valence-corrected chi connectivity index (χ1v) is 38.1. The Kier molecular flexibility index (Phi) is 14.9. The van der Waals surface area contributed by atoms with E-state index in [9.17, 15) is 0 Å². The van der Waals surface area contributed by atoms with Crippen molar-refractivity contribution in [2.75, 3.05) is 0 Å². The zero-order valence-electron chi connectivity index (χ0n) is 60.5. The van der Waals surface area contributed by atoms with Gasteiger partial charge in [0.05, 0.1) is 49.8 Å². The topological polar surface area (TPSA) is 32.9 Å². The van der Waals surface area contributed by atoms with E-state index in [-0.39, 0.29) is 0 Å². The zero-order chi connectivity index (χ0) is 73.0. The molecule has 18 aromatic carbocycles. The lowest BCUT2D eigenvalue weighted by Gasteiger charge is -2.15. The van der Waals surface area contributed by atoms with Crippen molar-refractivity contribution >= 4 is 120 Å². The SMILES string of the molecule is c1ccc(-c2cccc(-n3c4ccccc4c4cc(-c5ccc6c(c5)c5ccccc5n6-c5ccc6ccc(-c7ccccc7)cc6c5)ccc43)c2)cc1.c1ccc(-c2cccc(-n3c4ccccc4c4cc(-c5ccc6c(c5)c5ccccc5n6-c5ccccc5-c5cccc6oc7ccccc7c56)ccc43)c2)cc1. The smallest absolute Gasteiger partial charge is 0.136 e. The van der Waals surface area contributed by atoms with E-state index in [4.69, 9.17) is 4.42 Å². The summed E-state index contributed by atoms with van der Waals surface area (Å²) < 4.78 is 16.0. The Morgan fingerprint density at radius 1 is 0.162 bits per heavy atom. The summed E-state index contributed by atoms with van der Waals surface area (Å²) in [5.74, 6) is 0. The van der Waals surface area contributed by atoms with E-state index in [0.717, 1.165) is 55.8 Å². The molecule has 0 unspecified atom stereocenters. The fourth-order valence-corrected chi connectivity index (χ4v) is 17.7. The number of nitrogens with zero attached hydrogens (tertiary/aromatic N) is 4. The Hall–Kier alpha value is -14.8. The number of rotatable bonds is 10. The minimum Gasteiger partial charge on any atom is -0.456 e. The average molecular weight is 1410 g/mol. The van der Waals surface area contributed by atoms with Gasteiger partial charge in [-0.25, -0.2) is 0 Å². The Balaban J connectivity index is 0.000000137. The van der Waals surface area contributed by atoms with Gasteiger partial charge in [0.2, 0.25) is 0 Å². The second-order valence-electron chi connectivity index (χ2n) is 29.1. The Morgan fingerprint density at radius 3 is 0.973 bits per heavy atom. The summed E-state index contributed by atoms with van der Waals surface area (Å²) in [5.41, 5.74) is 30.4. The van der Waals surface area contributed by atoms with Crippen molar-refractivity contribution in [2.24, 2.45) is 0 Å². The second kappa shape index (κ2) is 26.0. The largest absolute Gasteiger partial charge is 0.456 e. The first kappa shape index (κ1) is 63.5. The van der Waals surface area contributed by atoms with Crippen LogP contribution in [0, 0.1) is 0 Å². The average Bonchev–Trinajstić information content (AvgIpc) is 1.59. The lowest BCUT2D eigenvalue weighted by molar-refractivity contribution is 0.669. The molecule has 0 atom stereocenters. The standard InChI is InChI=1S/C54H34N2O.C52H34N2/c1-2-14-35(15-3-1)36-16-12-17-39(32-36)55-47-23-8-5-19-41(47)45-33-37(28-30-50(45)55)38-29-31-51-46(34-38)42-20-6-10-25-49(42)56(51)48-24-9-4-18-40(48)43-22-13-27-53-54(43)44-21-7-11-26-52(44)57-53;1-3-12-35(13-4-1)38-16-11-17-43(31-38)53-49-20-9-7-18-45(49)47-33-40(25-28-51(47)53)41-26-29-52-48(34-41)46-19-8-10-21-50(46)54(52)44-27-24-37-22-23-39(30-42(37)32-44)36-14-5-2-6-15-36/h1-34H;1-34H. The van der Waals surface area contributed by atoms with Gasteiger partial charge >= 0.3 is 0 Å². The summed E-state index contributed by atoms with van der Waals surface area (Å²) in [5, 5.41) is 14.7. The molecule has 0 aliphatic carbocycles. The van der Waals surface area contributed by atoms with Crippen LogP contribution < -0.4 is 0 Å². The maximum Gasteiger partial charge on any atom is 0.136 e. The molecule has 5 nitrogen and oxygen atoms in total. The van der Waals surface area contributed by atoms with Crippen LogP contribution in [0.1, 0.15) is 0 Å². The van der Waals surface area contributed by atoms with Crippen LogP contribution in [0.3, 0.4) is 0 Å². The van der Waals surface area contributed by atoms with Crippen molar-refractivity contribution in [1.29, 1.82) is 0 Å². The molecule has 0 saturated carbocycles. The normalized spacial score (nSPS) is 11.8. The molecule has 0 radical (unpaired) electrons. The van der Waals surface area contributed by atoms with Gasteiger partial charge in [0, 0.05) is 76.5 Å². The molecule has 0 aliphatic heterocycles. The molecule has 111 heavy (non-hydrogen) atoms. The van der Waals surface area contributed by atoms with Gasteiger partial charge in [-0.1, -0.05) is 279 Å². The summed E-state index contributed by atoms with van der Waals surface area (Å²) in [4.78, 5) is 0. The summed E-state index contributed by atoms with van der Waals surface area (Å²) in [6.45, 7) is 0.